The highest BCUT2D eigenvalue weighted by molar-refractivity contribution is 7.91. The van der Waals surface area contributed by atoms with E-state index in [0.29, 0.717) is 12.2 Å². The number of carbonyl (C=O) groups is 1. The largest absolute Gasteiger partial charge is 0.349 e. The fourth-order valence-corrected chi connectivity index (χ4v) is 4.98. The molecule has 0 bridgehead atoms. The van der Waals surface area contributed by atoms with E-state index in [1.165, 1.54) is 12.0 Å². The first-order valence-corrected chi connectivity index (χ1v) is 9.60. The molecule has 1 atom stereocenters. The molecule has 1 fully saturated rings. The molecule has 1 amide bonds. The Balaban J connectivity index is 1.64. The predicted octanol–water partition coefficient (Wildman–Crippen LogP) is 0.715. The maximum atomic E-state index is 12.0. The zero-order valence-electron chi connectivity index (χ0n) is 12.8. The second-order valence-electron chi connectivity index (χ2n) is 6.18. The van der Waals surface area contributed by atoms with E-state index in [2.05, 4.69) is 15.3 Å². The quantitative estimate of drug-likeness (QED) is 0.885. The average Bonchev–Trinajstić information content (AvgIpc) is 2.85. The molecule has 1 aliphatic heterocycles. The van der Waals surface area contributed by atoms with Crippen LogP contribution < -0.4 is 5.32 Å². The van der Waals surface area contributed by atoms with Crippen molar-refractivity contribution in [3.05, 3.63) is 22.8 Å². The molecule has 1 aromatic heterocycles. The topological polar surface area (TPSA) is 89.0 Å². The lowest BCUT2D eigenvalue weighted by molar-refractivity contribution is -0.124. The Kier molecular flexibility index (Phi) is 4.16. The molecule has 6 nitrogen and oxygen atoms in total. The standard InChI is InChI=1S/C15H21N3O3S/c1-10-12-4-2-3-5-13(12)18-14(17-10)8-16-15(19)11-6-7-22(20,21)9-11/h11H,2-9H2,1H3,(H,16,19)/t11-/m1/s1. The number of rotatable bonds is 3. The van der Waals surface area contributed by atoms with Gasteiger partial charge in [-0.3, -0.25) is 4.79 Å². The molecular formula is C15H21N3O3S. The molecule has 120 valence electrons. The molecule has 3 rings (SSSR count). The van der Waals surface area contributed by atoms with E-state index in [9.17, 15) is 13.2 Å². The third-order valence-corrected chi connectivity index (χ3v) is 6.23. The number of fused-ring (bicyclic) bond motifs is 1. The van der Waals surface area contributed by atoms with Gasteiger partial charge < -0.3 is 5.32 Å². The van der Waals surface area contributed by atoms with Gasteiger partial charge in [-0.2, -0.15) is 0 Å². The third-order valence-electron chi connectivity index (χ3n) is 4.46. The number of amides is 1. The Morgan fingerprint density at radius 1 is 1.27 bits per heavy atom. The molecule has 0 aromatic carbocycles. The molecule has 2 heterocycles. The van der Waals surface area contributed by atoms with E-state index >= 15 is 0 Å². The van der Waals surface area contributed by atoms with Gasteiger partial charge in [0.05, 0.1) is 24.0 Å². The van der Waals surface area contributed by atoms with E-state index in [0.717, 1.165) is 30.7 Å². The van der Waals surface area contributed by atoms with Crippen molar-refractivity contribution in [1.82, 2.24) is 15.3 Å². The van der Waals surface area contributed by atoms with Gasteiger partial charge in [0.2, 0.25) is 5.91 Å². The number of hydrogen-bond acceptors (Lipinski definition) is 5. The van der Waals surface area contributed by atoms with Gasteiger partial charge in [0, 0.05) is 11.4 Å². The Bertz CT molecular complexity index is 700. The van der Waals surface area contributed by atoms with Crippen LogP contribution in [0.25, 0.3) is 0 Å². The van der Waals surface area contributed by atoms with Gasteiger partial charge >= 0.3 is 0 Å². The van der Waals surface area contributed by atoms with Crippen LogP contribution in [-0.4, -0.2) is 35.8 Å². The van der Waals surface area contributed by atoms with Gasteiger partial charge in [-0.05, 0) is 44.6 Å². The molecule has 7 heteroatoms. The lowest BCUT2D eigenvalue weighted by Gasteiger charge is -2.18. The van der Waals surface area contributed by atoms with Gasteiger partial charge in [-0.15, -0.1) is 0 Å². The second kappa shape index (κ2) is 5.95. The number of aromatic nitrogens is 2. The number of aryl methyl sites for hydroxylation is 2. The van der Waals surface area contributed by atoms with Crippen molar-refractivity contribution in [2.45, 2.75) is 45.6 Å². The monoisotopic (exact) mass is 323 g/mol. The smallest absolute Gasteiger partial charge is 0.224 e. The lowest BCUT2D eigenvalue weighted by Crippen LogP contribution is -2.31. The summed E-state index contributed by atoms with van der Waals surface area (Å²) in [5.74, 6) is 0.0544. The molecule has 1 N–H and O–H groups in total. The average molecular weight is 323 g/mol. The summed E-state index contributed by atoms with van der Waals surface area (Å²) in [7, 11) is -3.03. The normalized spacial score (nSPS) is 23.0. The van der Waals surface area contributed by atoms with Crippen LogP contribution in [-0.2, 0) is 34.0 Å². The number of nitrogens with one attached hydrogen (secondary N) is 1. The van der Waals surface area contributed by atoms with Crippen molar-refractivity contribution < 1.29 is 13.2 Å². The molecule has 0 unspecified atom stereocenters. The number of carbonyl (C=O) groups excluding carboxylic acids is 1. The summed E-state index contributed by atoms with van der Waals surface area (Å²) in [5.41, 5.74) is 3.35. The van der Waals surface area contributed by atoms with Crippen LogP contribution in [0.15, 0.2) is 0 Å². The second-order valence-corrected chi connectivity index (χ2v) is 8.40. The number of nitrogens with zero attached hydrogens (tertiary/aromatic N) is 2. The summed E-state index contributed by atoms with van der Waals surface area (Å²) in [6.45, 7) is 2.25. The summed E-state index contributed by atoms with van der Waals surface area (Å²) in [6, 6.07) is 0. The van der Waals surface area contributed by atoms with Crippen LogP contribution in [0, 0.1) is 12.8 Å². The maximum absolute atomic E-state index is 12.0. The molecule has 0 radical (unpaired) electrons. The van der Waals surface area contributed by atoms with Crippen molar-refractivity contribution in [3.63, 3.8) is 0 Å². The first-order valence-electron chi connectivity index (χ1n) is 7.78. The predicted molar refractivity (Wildman–Crippen MR) is 82.0 cm³/mol. The molecule has 22 heavy (non-hydrogen) atoms. The Morgan fingerprint density at radius 2 is 2.05 bits per heavy atom. The summed E-state index contributed by atoms with van der Waals surface area (Å²) in [5, 5.41) is 2.78. The molecule has 1 aliphatic carbocycles. The number of sulfone groups is 1. The zero-order chi connectivity index (χ0) is 15.7. The third kappa shape index (κ3) is 3.29. The van der Waals surface area contributed by atoms with Crippen LogP contribution >= 0.6 is 0 Å². The van der Waals surface area contributed by atoms with Crippen molar-refractivity contribution in [3.8, 4) is 0 Å². The fraction of sp³-hybridized carbons (Fsp3) is 0.667. The van der Waals surface area contributed by atoms with Gasteiger partial charge in [0.1, 0.15) is 5.82 Å². The van der Waals surface area contributed by atoms with Gasteiger partial charge in [-0.1, -0.05) is 0 Å². The minimum absolute atomic E-state index is 0.0388. The van der Waals surface area contributed by atoms with Gasteiger partial charge in [-0.25, -0.2) is 18.4 Å². The molecular weight excluding hydrogens is 302 g/mol. The minimum Gasteiger partial charge on any atom is -0.349 e. The molecule has 1 aromatic rings. The van der Waals surface area contributed by atoms with E-state index in [-0.39, 0.29) is 24.0 Å². The lowest BCUT2D eigenvalue weighted by atomic mass is 9.95. The highest BCUT2D eigenvalue weighted by Crippen LogP contribution is 2.22. The zero-order valence-corrected chi connectivity index (χ0v) is 13.6. The summed E-state index contributed by atoms with van der Waals surface area (Å²) in [6.07, 6.45) is 4.76. The molecule has 0 saturated carbocycles. The Hall–Kier alpha value is -1.50. The maximum Gasteiger partial charge on any atom is 0.224 e. The number of hydrogen-bond donors (Lipinski definition) is 1. The summed E-state index contributed by atoms with van der Waals surface area (Å²) >= 11 is 0. The van der Waals surface area contributed by atoms with Crippen LogP contribution in [0.4, 0.5) is 0 Å². The van der Waals surface area contributed by atoms with Crippen LogP contribution in [0.2, 0.25) is 0 Å². The van der Waals surface area contributed by atoms with Crippen LogP contribution in [0.3, 0.4) is 0 Å². The van der Waals surface area contributed by atoms with Crippen LogP contribution in [0.1, 0.15) is 42.0 Å². The molecule has 0 spiro atoms. The van der Waals surface area contributed by atoms with Gasteiger partial charge in [0.15, 0.2) is 9.84 Å². The van der Waals surface area contributed by atoms with Gasteiger partial charge in [0.25, 0.3) is 0 Å². The van der Waals surface area contributed by atoms with E-state index in [4.69, 9.17) is 0 Å². The molecule has 2 aliphatic rings. The molecule has 1 saturated heterocycles. The fourth-order valence-electron chi connectivity index (χ4n) is 3.24. The van der Waals surface area contributed by atoms with E-state index in [1.54, 1.807) is 0 Å². The summed E-state index contributed by atoms with van der Waals surface area (Å²) < 4.78 is 22.8. The first-order chi connectivity index (χ1) is 10.4. The summed E-state index contributed by atoms with van der Waals surface area (Å²) in [4.78, 5) is 21.1. The van der Waals surface area contributed by atoms with Crippen LogP contribution in [0.5, 0.6) is 0 Å². The first kappa shape index (κ1) is 15.4. The van der Waals surface area contributed by atoms with E-state index < -0.39 is 15.8 Å². The SMILES string of the molecule is Cc1nc(CNC(=O)[C@@H]2CCS(=O)(=O)C2)nc2c1CCCC2. The Labute approximate surface area is 130 Å². The minimum atomic E-state index is -3.03. The van der Waals surface area contributed by atoms with Crippen molar-refractivity contribution >= 4 is 15.7 Å². The van der Waals surface area contributed by atoms with Crippen molar-refractivity contribution in [1.29, 1.82) is 0 Å². The van der Waals surface area contributed by atoms with Crippen molar-refractivity contribution in [2.75, 3.05) is 11.5 Å². The highest BCUT2D eigenvalue weighted by atomic mass is 32.2. The Morgan fingerprint density at radius 3 is 2.77 bits per heavy atom. The van der Waals surface area contributed by atoms with E-state index in [1.807, 2.05) is 6.92 Å². The van der Waals surface area contributed by atoms with Crippen molar-refractivity contribution in [2.24, 2.45) is 5.92 Å². The highest BCUT2D eigenvalue weighted by Gasteiger charge is 2.32.